The molecule has 2 heteroatoms. The molecule has 1 rings (SSSR count). The molecule has 0 amide bonds. The van der Waals surface area contributed by atoms with Gasteiger partial charge in [0.2, 0.25) is 0 Å². The normalized spacial score (nSPS) is 17.3. The van der Waals surface area contributed by atoms with Gasteiger partial charge in [0, 0.05) is 16.7 Å². The zero-order valence-electron chi connectivity index (χ0n) is 4.76. The molecule has 1 aliphatic carbocycles. The van der Waals surface area contributed by atoms with Crippen LogP contribution in [0.1, 0.15) is 6.42 Å². The lowest BCUT2D eigenvalue weighted by molar-refractivity contribution is 1.43. The summed E-state index contributed by atoms with van der Waals surface area (Å²) in [5.41, 5.74) is 1.11. The van der Waals surface area contributed by atoms with Crippen LogP contribution in [0.3, 0.4) is 0 Å². The highest BCUT2D eigenvalue weighted by Crippen LogP contribution is 2.06. The predicted molar refractivity (Wildman–Crippen MR) is 46.8 cm³/mol. The molecule has 1 aliphatic rings. The first-order chi connectivity index (χ1) is 4.33. The number of hydrogen-bond donors (Lipinski definition) is 0. The standard InChI is InChI=1S/C7H5S2/c8-5-6-2-1-3-7(9)4-6/h1-2,5H,4H2. The predicted octanol–water partition coefficient (Wildman–Crippen LogP) is 2.05. The highest BCUT2D eigenvalue weighted by Gasteiger charge is 1.99. The third-order valence-electron chi connectivity index (χ3n) is 1.06. The molecule has 0 saturated heterocycles. The van der Waals surface area contributed by atoms with Crippen LogP contribution in [0.4, 0.5) is 0 Å². The van der Waals surface area contributed by atoms with Crippen molar-refractivity contribution in [3.8, 4) is 0 Å². The van der Waals surface area contributed by atoms with Crippen LogP contribution >= 0.6 is 24.4 Å². The highest BCUT2D eigenvalue weighted by molar-refractivity contribution is 7.80. The molecule has 0 aromatic heterocycles. The van der Waals surface area contributed by atoms with Crippen LogP contribution in [0, 0.1) is 6.08 Å². The highest BCUT2D eigenvalue weighted by atomic mass is 32.1. The van der Waals surface area contributed by atoms with Gasteiger partial charge in [-0.2, -0.15) is 0 Å². The van der Waals surface area contributed by atoms with Crippen molar-refractivity contribution < 1.29 is 0 Å². The molecule has 0 bridgehead atoms. The van der Waals surface area contributed by atoms with Gasteiger partial charge in [0.1, 0.15) is 0 Å². The van der Waals surface area contributed by atoms with E-state index >= 15 is 0 Å². The lowest BCUT2D eigenvalue weighted by Crippen LogP contribution is -1.97. The second-order valence-corrected chi connectivity index (χ2v) is 2.50. The quantitative estimate of drug-likeness (QED) is 0.529. The molecule has 9 heavy (non-hydrogen) atoms. The molecule has 45 valence electrons. The zero-order chi connectivity index (χ0) is 6.69. The summed E-state index contributed by atoms with van der Waals surface area (Å²) < 4.78 is 0. The Labute approximate surface area is 65.3 Å². The van der Waals surface area contributed by atoms with Crippen LogP contribution in [0.15, 0.2) is 17.7 Å². The van der Waals surface area contributed by atoms with E-state index < -0.39 is 0 Å². The topological polar surface area (TPSA) is 0 Å². The van der Waals surface area contributed by atoms with Crippen molar-refractivity contribution in [3.63, 3.8) is 0 Å². The zero-order valence-corrected chi connectivity index (χ0v) is 6.39. The Morgan fingerprint density at radius 2 is 2.44 bits per heavy atom. The Bertz CT molecular complexity index is 199. The van der Waals surface area contributed by atoms with Gasteiger partial charge in [-0.15, -0.1) is 0 Å². The summed E-state index contributed by atoms with van der Waals surface area (Å²) in [6.07, 6.45) is 7.44. The average molecular weight is 153 g/mol. The first-order valence-corrected chi connectivity index (χ1v) is 3.48. The molecule has 0 aromatic rings. The first-order valence-electron chi connectivity index (χ1n) is 2.60. The number of hydrogen-bond acceptors (Lipinski definition) is 2. The van der Waals surface area contributed by atoms with Crippen molar-refractivity contribution >= 4 is 34.7 Å². The molecule has 0 spiro atoms. The summed E-state index contributed by atoms with van der Waals surface area (Å²) in [5.74, 6) is 0. The Kier molecular flexibility index (Phi) is 2.25. The van der Waals surface area contributed by atoms with E-state index in [1.165, 1.54) is 0 Å². The number of rotatable bonds is 1. The molecule has 0 saturated carbocycles. The van der Waals surface area contributed by atoms with Gasteiger partial charge in [-0.1, -0.05) is 36.6 Å². The van der Waals surface area contributed by atoms with Crippen LogP contribution < -0.4 is 0 Å². The molecule has 0 nitrogen and oxygen atoms in total. The van der Waals surface area contributed by atoms with Crippen molar-refractivity contribution in [1.29, 1.82) is 0 Å². The summed E-state index contributed by atoms with van der Waals surface area (Å²) in [6, 6.07) is 0. The fourth-order valence-corrected chi connectivity index (χ4v) is 1.01. The largest absolute Gasteiger partial charge is 0.0884 e. The van der Waals surface area contributed by atoms with Gasteiger partial charge in [-0.05, 0) is 11.6 Å². The molecule has 0 N–H and O–H groups in total. The molecule has 0 fully saturated rings. The van der Waals surface area contributed by atoms with Gasteiger partial charge in [-0.3, -0.25) is 0 Å². The third kappa shape index (κ3) is 1.80. The summed E-state index contributed by atoms with van der Waals surface area (Å²) >= 11 is 9.62. The molecule has 0 atom stereocenters. The van der Waals surface area contributed by atoms with Gasteiger partial charge in [0.05, 0.1) is 0 Å². The molecule has 0 aromatic carbocycles. The molecule has 1 radical (unpaired) electrons. The minimum Gasteiger partial charge on any atom is -0.0884 e. The van der Waals surface area contributed by atoms with Gasteiger partial charge in [-0.25, -0.2) is 0 Å². The molecule has 0 aliphatic heterocycles. The molecule has 0 unspecified atom stereocenters. The summed E-state index contributed by atoms with van der Waals surface area (Å²) in [4.78, 5) is 0.841. The van der Waals surface area contributed by atoms with E-state index in [2.05, 4.69) is 6.08 Å². The number of allylic oxidation sites excluding steroid dienone is 4. The SMILES string of the molecule is S=CC1=CC=[C]C(=S)C1. The van der Waals surface area contributed by atoms with Crippen molar-refractivity contribution in [2.24, 2.45) is 0 Å². The smallest absolute Gasteiger partial charge is 0.0275 e. The molecular formula is C7H5S2. The van der Waals surface area contributed by atoms with Crippen LogP contribution in [0.5, 0.6) is 0 Å². The first kappa shape index (κ1) is 6.78. The van der Waals surface area contributed by atoms with Crippen LogP contribution in [0.2, 0.25) is 0 Å². The summed E-state index contributed by atoms with van der Waals surface area (Å²) in [5, 5.41) is 1.66. The van der Waals surface area contributed by atoms with E-state index in [4.69, 9.17) is 24.4 Å². The second-order valence-electron chi connectivity index (χ2n) is 1.77. The molecular weight excluding hydrogens is 148 g/mol. The average Bonchev–Trinajstić information content (AvgIpc) is 1.88. The minimum absolute atomic E-state index is 0.787. The van der Waals surface area contributed by atoms with Crippen LogP contribution in [-0.4, -0.2) is 10.2 Å². The fourth-order valence-electron chi connectivity index (χ4n) is 0.618. The minimum atomic E-state index is 0.787. The van der Waals surface area contributed by atoms with E-state index in [0.717, 1.165) is 16.9 Å². The van der Waals surface area contributed by atoms with Gasteiger partial charge in [0.15, 0.2) is 0 Å². The van der Waals surface area contributed by atoms with E-state index in [1.54, 1.807) is 5.37 Å². The Hall–Kier alpha value is -0.340. The van der Waals surface area contributed by atoms with Crippen LogP contribution in [0.25, 0.3) is 0 Å². The summed E-state index contributed by atoms with van der Waals surface area (Å²) in [6.45, 7) is 0. The van der Waals surface area contributed by atoms with Crippen molar-refractivity contribution in [1.82, 2.24) is 0 Å². The van der Waals surface area contributed by atoms with Gasteiger partial charge in [0.25, 0.3) is 0 Å². The maximum Gasteiger partial charge on any atom is 0.0275 e. The van der Waals surface area contributed by atoms with Gasteiger partial charge >= 0.3 is 0 Å². The van der Waals surface area contributed by atoms with E-state index in [0.29, 0.717) is 0 Å². The van der Waals surface area contributed by atoms with Crippen molar-refractivity contribution in [2.45, 2.75) is 6.42 Å². The Morgan fingerprint density at radius 1 is 1.67 bits per heavy atom. The monoisotopic (exact) mass is 153 g/mol. The van der Waals surface area contributed by atoms with Crippen molar-refractivity contribution in [3.05, 3.63) is 23.8 Å². The van der Waals surface area contributed by atoms with E-state index in [9.17, 15) is 0 Å². The maximum absolute atomic E-state index is 4.90. The van der Waals surface area contributed by atoms with Crippen molar-refractivity contribution in [2.75, 3.05) is 0 Å². The fraction of sp³-hybridized carbons (Fsp3) is 0.143. The Balaban J connectivity index is 2.76. The summed E-state index contributed by atoms with van der Waals surface area (Å²) in [7, 11) is 0. The lowest BCUT2D eigenvalue weighted by atomic mass is 10.1. The third-order valence-corrected chi connectivity index (χ3v) is 1.62. The number of thiocarbonyl (C=S) groups is 2. The van der Waals surface area contributed by atoms with Gasteiger partial charge < -0.3 is 0 Å². The lowest BCUT2D eigenvalue weighted by Gasteiger charge is -2.01. The van der Waals surface area contributed by atoms with E-state index in [-0.39, 0.29) is 0 Å². The van der Waals surface area contributed by atoms with Crippen LogP contribution in [-0.2, 0) is 0 Å². The Morgan fingerprint density at radius 3 is 2.89 bits per heavy atom. The molecule has 0 heterocycles. The van der Waals surface area contributed by atoms with E-state index in [1.807, 2.05) is 12.2 Å². The second kappa shape index (κ2) is 2.99. The maximum atomic E-state index is 4.90.